The van der Waals surface area contributed by atoms with Crippen LogP contribution in [0.3, 0.4) is 0 Å². The molecule has 0 saturated heterocycles. The summed E-state index contributed by atoms with van der Waals surface area (Å²) < 4.78 is 30.3. The Bertz CT molecular complexity index is 1330. The predicted molar refractivity (Wildman–Crippen MR) is 115 cm³/mol. The Morgan fingerprint density at radius 2 is 1.55 bits per heavy atom. The molecule has 2 aromatic carbocycles. The van der Waals surface area contributed by atoms with Crippen molar-refractivity contribution < 1.29 is 17.9 Å². The zero-order valence-electron chi connectivity index (χ0n) is 16.7. The zero-order valence-corrected chi connectivity index (χ0v) is 17.5. The largest absolute Gasteiger partial charge is 0.508 e. The summed E-state index contributed by atoms with van der Waals surface area (Å²) >= 11 is 0. The van der Waals surface area contributed by atoms with Crippen LogP contribution >= 0.6 is 0 Å². The molecule has 2 aromatic heterocycles. The van der Waals surface area contributed by atoms with Gasteiger partial charge in [0.1, 0.15) is 5.75 Å². The van der Waals surface area contributed by atoms with Crippen LogP contribution in [0.2, 0.25) is 0 Å². The molecule has 4 rings (SSSR count). The topological polar surface area (TPSA) is 145 Å². The van der Waals surface area contributed by atoms with Crippen LogP contribution in [0.15, 0.2) is 64.0 Å². The van der Waals surface area contributed by atoms with Crippen LogP contribution in [-0.4, -0.2) is 38.9 Å². The molecule has 0 saturated carbocycles. The molecule has 9 nitrogen and oxygen atoms in total. The number of rotatable bonds is 5. The van der Waals surface area contributed by atoms with E-state index in [9.17, 15) is 13.5 Å². The van der Waals surface area contributed by atoms with Gasteiger partial charge in [0.15, 0.2) is 21.3 Å². The molecular weight excluding hydrogens is 418 g/mol. The van der Waals surface area contributed by atoms with Gasteiger partial charge in [-0.15, -0.1) is 10.2 Å². The third kappa shape index (κ3) is 3.97. The smallest absolute Gasteiger partial charge is 0.270 e. The van der Waals surface area contributed by atoms with Gasteiger partial charge in [0.2, 0.25) is 5.89 Å². The fourth-order valence-electron chi connectivity index (χ4n) is 2.82. The van der Waals surface area contributed by atoms with Crippen molar-refractivity contribution >= 4 is 15.7 Å². The molecule has 10 heteroatoms. The van der Waals surface area contributed by atoms with Crippen LogP contribution in [0.4, 0.5) is 5.82 Å². The second-order valence-electron chi connectivity index (χ2n) is 7.07. The van der Waals surface area contributed by atoms with E-state index in [-0.39, 0.29) is 33.9 Å². The van der Waals surface area contributed by atoms with E-state index >= 15 is 0 Å². The fourth-order valence-corrected chi connectivity index (χ4v) is 3.88. The summed E-state index contributed by atoms with van der Waals surface area (Å²) in [6.45, 7) is 3.27. The van der Waals surface area contributed by atoms with E-state index in [2.05, 4.69) is 20.2 Å². The maximum absolute atomic E-state index is 12.3. The van der Waals surface area contributed by atoms with Crippen molar-refractivity contribution in [3.05, 3.63) is 54.7 Å². The number of phenols is 1. The third-order valence-electron chi connectivity index (χ3n) is 4.64. The molecule has 4 aromatic rings. The number of hydrogen-bond donors (Lipinski definition) is 2. The van der Waals surface area contributed by atoms with Gasteiger partial charge in [0.05, 0.1) is 22.0 Å². The van der Waals surface area contributed by atoms with E-state index in [0.717, 1.165) is 0 Å². The summed E-state index contributed by atoms with van der Waals surface area (Å²) in [5.74, 6) is 0.570. The lowest BCUT2D eigenvalue weighted by atomic mass is 10.1. The lowest BCUT2D eigenvalue weighted by Gasteiger charge is -2.09. The quantitative estimate of drug-likeness (QED) is 0.480. The Hall–Kier alpha value is -3.79. The van der Waals surface area contributed by atoms with Crippen LogP contribution in [0, 0.1) is 0 Å². The highest BCUT2D eigenvalue weighted by Gasteiger charge is 2.20. The molecule has 2 heterocycles. The van der Waals surface area contributed by atoms with Gasteiger partial charge in [-0.3, -0.25) is 0 Å². The first-order valence-electron chi connectivity index (χ1n) is 9.36. The van der Waals surface area contributed by atoms with Gasteiger partial charge in [-0.1, -0.05) is 12.1 Å². The highest BCUT2D eigenvalue weighted by molar-refractivity contribution is 7.92. The summed E-state index contributed by atoms with van der Waals surface area (Å²) in [6.07, 6.45) is 1.49. The van der Waals surface area contributed by atoms with Gasteiger partial charge < -0.3 is 15.3 Å². The SMILES string of the molecule is CC(C)S(=O)(=O)c1ccc(-c2cnc(N)c(-c3nnc(-c4ccc(O)cc4)o3)n2)cc1. The molecule has 31 heavy (non-hydrogen) atoms. The maximum atomic E-state index is 12.3. The highest BCUT2D eigenvalue weighted by atomic mass is 32.2. The van der Waals surface area contributed by atoms with Crippen LogP contribution in [-0.2, 0) is 9.84 Å². The predicted octanol–water partition coefficient (Wildman–Crippen LogP) is 3.33. The van der Waals surface area contributed by atoms with Crippen molar-refractivity contribution in [3.8, 4) is 40.0 Å². The van der Waals surface area contributed by atoms with E-state index in [1.165, 1.54) is 30.5 Å². The highest BCUT2D eigenvalue weighted by Crippen LogP contribution is 2.29. The van der Waals surface area contributed by atoms with E-state index in [0.29, 0.717) is 16.8 Å². The van der Waals surface area contributed by atoms with Crippen molar-refractivity contribution in [3.63, 3.8) is 0 Å². The number of phenolic OH excluding ortho intramolecular Hbond substituents is 1. The Kier molecular flexibility index (Phi) is 5.15. The number of nitrogen functional groups attached to an aromatic ring is 1. The molecule has 158 valence electrons. The first-order valence-corrected chi connectivity index (χ1v) is 10.9. The third-order valence-corrected chi connectivity index (χ3v) is 6.81. The Labute approximate surface area is 178 Å². The molecule has 0 aliphatic rings. The lowest BCUT2D eigenvalue weighted by molar-refractivity contribution is 0.475. The van der Waals surface area contributed by atoms with E-state index < -0.39 is 15.1 Å². The summed E-state index contributed by atoms with van der Waals surface area (Å²) in [5.41, 5.74) is 7.95. The van der Waals surface area contributed by atoms with Crippen molar-refractivity contribution in [2.75, 3.05) is 5.73 Å². The number of benzene rings is 2. The van der Waals surface area contributed by atoms with E-state index in [1.807, 2.05) is 0 Å². The van der Waals surface area contributed by atoms with Gasteiger partial charge in [-0.05, 0) is 50.2 Å². The van der Waals surface area contributed by atoms with Crippen LogP contribution in [0.25, 0.3) is 34.3 Å². The van der Waals surface area contributed by atoms with Crippen LogP contribution in [0.1, 0.15) is 13.8 Å². The summed E-state index contributed by atoms with van der Waals surface area (Å²) in [5, 5.41) is 16.9. The van der Waals surface area contributed by atoms with Gasteiger partial charge in [-0.2, -0.15) is 0 Å². The number of nitrogens with zero attached hydrogens (tertiary/aromatic N) is 4. The minimum absolute atomic E-state index is 0.0916. The summed E-state index contributed by atoms with van der Waals surface area (Å²) in [6, 6.07) is 12.7. The van der Waals surface area contributed by atoms with Gasteiger partial charge in [0, 0.05) is 11.1 Å². The summed E-state index contributed by atoms with van der Waals surface area (Å²) in [7, 11) is -3.37. The molecular formula is C21H19N5O4S. The second-order valence-corrected chi connectivity index (χ2v) is 9.57. The van der Waals surface area contributed by atoms with Crippen molar-refractivity contribution in [1.82, 2.24) is 20.2 Å². The van der Waals surface area contributed by atoms with Crippen LogP contribution < -0.4 is 5.73 Å². The average Bonchev–Trinajstić information content (AvgIpc) is 3.24. The molecule has 0 fully saturated rings. The molecule has 3 N–H and O–H groups in total. The van der Waals surface area contributed by atoms with Gasteiger partial charge >= 0.3 is 0 Å². The van der Waals surface area contributed by atoms with E-state index in [1.54, 1.807) is 38.1 Å². The molecule has 0 spiro atoms. The monoisotopic (exact) mass is 437 g/mol. The summed E-state index contributed by atoms with van der Waals surface area (Å²) in [4.78, 5) is 8.89. The number of aromatic hydroxyl groups is 1. The van der Waals surface area contributed by atoms with Crippen LogP contribution in [0.5, 0.6) is 5.75 Å². The molecule has 0 amide bonds. The molecule has 0 radical (unpaired) electrons. The van der Waals surface area contributed by atoms with Crippen molar-refractivity contribution in [2.24, 2.45) is 0 Å². The molecule has 0 bridgehead atoms. The van der Waals surface area contributed by atoms with Crippen molar-refractivity contribution in [2.45, 2.75) is 24.0 Å². The number of nitrogens with two attached hydrogens (primary N) is 1. The second kappa shape index (κ2) is 7.80. The fraction of sp³-hybridized carbons (Fsp3) is 0.143. The number of sulfone groups is 1. The minimum atomic E-state index is -3.37. The zero-order chi connectivity index (χ0) is 22.2. The number of anilines is 1. The first kappa shape index (κ1) is 20.5. The molecule has 0 aliphatic carbocycles. The maximum Gasteiger partial charge on any atom is 0.270 e. The molecule has 0 atom stereocenters. The van der Waals surface area contributed by atoms with E-state index in [4.69, 9.17) is 10.2 Å². The normalized spacial score (nSPS) is 11.7. The lowest BCUT2D eigenvalue weighted by Crippen LogP contribution is -2.13. The molecule has 0 unspecified atom stereocenters. The minimum Gasteiger partial charge on any atom is -0.508 e. The Morgan fingerprint density at radius 1 is 0.935 bits per heavy atom. The van der Waals surface area contributed by atoms with Gasteiger partial charge in [0.25, 0.3) is 5.89 Å². The first-order chi connectivity index (χ1) is 14.8. The average molecular weight is 437 g/mol. The molecule has 0 aliphatic heterocycles. The van der Waals surface area contributed by atoms with Crippen molar-refractivity contribution in [1.29, 1.82) is 0 Å². The Morgan fingerprint density at radius 3 is 2.19 bits per heavy atom. The number of aromatic nitrogens is 4. The Balaban J connectivity index is 1.68. The standard InChI is InChI=1S/C21H19N5O4S/c1-12(2)31(28,29)16-9-5-13(6-10-16)17-11-23-19(22)18(24-17)21-26-25-20(30-21)14-3-7-15(27)8-4-14/h3-12,27H,1-2H3,(H2,22,23). The number of hydrogen-bond acceptors (Lipinski definition) is 9. The van der Waals surface area contributed by atoms with Gasteiger partial charge in [-0.25, -0.2) is 18.4 Å².